The lowest BCUT2D eigenvalue weighted by Gasteiger charge is -2.24. The molecular weight excluding hydrogens is 226 g/mol. The van der Waals surface area contributed by atoms with Crippen LogP contribution in [0.2, 0.25) is 0 Å². The van der Waals surface area contributed by atoms with Crippen LogP contribution in [0.1, 0.15) is 37.5 Å². The molecule has 3 rings (SSSR count). The molecule has 2 atom stereocenters. The number of nitrogens with two attached hydrogens (primary N) is 1. The van der Waals surface area contributed by atoms with Crippen molar-refractivity contribution in [2.45, 2.75) is 37.8 Å². The molecule has 1 aliphatic heterocycles. The lowest BCUT2D eigenvalue weighted by atomic mass is 10.0. The molecule has 2 unspecified atom stereocenters. The predicted octanol–water partition coefficient (Wildman–Crippen LogP) is 3.39. The average molecular weight is 245 g/mol. The smallest absolute Gasteiger partial charge is 0.134 e. The zero-order valence-corrected chi connectivity index (χ0v) is 10.5. The lowest BCUT2D eigenvalue weighted by Crippen LogP contribution is -2.24. The van der Waals surface area contributed by atoms with E-state index in [1.54, 1.807) is 0 Å². The highest BCUT2D eigenvalue weighted by Gasteiger charge is 2.20. The first-order valence-corrected chi connectivity index (χ1v) is 6.68. The van der Waals surface area contributed by atoms with Crippen LogP contribution in [0.4, 0.5) is 0 Å². The molecule has 18 heavy (non-hydrogen) atoms. The van der Waals surface area contributed by atoms with Gasteiger partial charge in [-0.1, -0.05) is 18.2 Å². The van der Waals surface area contributed by atoms with Crippen molar-refractivity contribution in [3.05, 3.63) is 36.1 Å². The number of rotatable bonds is 3. The van der Waals surface area contributed by atoms with Crippen molar-refractivity contribution in [3.63, 3.8) is 0 Å². The maximum Gasteiger partial charge on any atom is 0.134 e. The van der Waals surface area contributed by atoms with E-state index in [2.05, 4.69) is 0 Å². The lowest BCUT2D eigenvalue weighted by molar-refractivity contribution is 0.00628. The standard InChI is InChI=1S/C15H19NO2/c16-13(10-12-6-3-4-8-17-12)15-9-11-5-1-2-7-14(11)18-15/h1-2,5,7,9,12-13H,3-4,6,8,10,16H2. The minimum atomic E-state index is -0.0690. The van der Waals surface area contributed by atoms with E-state index in [0.717, 1.165) is 36.2 Å². The van der Waals surface area contributed by atoms with Crippen molar-refractivity contribution < 1.29 is 9.15 Å². The molecule has 2 aromatic rings. The normalized spacial score (nSPS) is 22.2. The van der Waals surface area contributed by atoms with Crippen LogP contribution in [0.3, 0.4) is 0 Å². The van der Waals surface area contributed by atoms with Crippen molar-refractivity contribution in [3.8, 4) is 0 Å². The second-order valence-corrected chi connectivity index (χ2v) is 5.02. The minimum Gasteiger partial charge on any atom is -0.459 e. The number of furan rings is 1. The van der Waals surface area contributed by atoms with E-state index in [0.29, 0.717) is 6.10 Å². The molecular formula is C15H19NO2. The molecule has 0 amide bonds. The Bertz CT molecular complexity index is 481. The van der Waals surface area contributed by atoms with Crippen LogP contribution in [-0.4, -0.2) is 12.7 Å². The van der Waals surface area contributed by atoms with Crippen LogP contribution >= 0.6 is 0 Å². The Morgan fingerprint density at radius 2 is 2.17 bits per heavy atom. The molecule has 96 valence electrons. The van der Waals surface area contributed by atoms with Crippen molar-refractivity contribution in [1.82, 2.24) is 0 Å². The van der Waals surface area contributed by atoms with Crippen molar-refractivity contribution in [2.75, 3.05) is 6.61 Å². The summed E-state index contributed by atoms with van der Waals surface area (Å²) < 4.78 is 11.5. The zero-order chi connectivity index (χ0) is 12.4. The van der Waals surface area contributed by atoms with Gasteiger partial charge < -0.3 is 14.9 Å². The molecule has 3 nitrogen and oxygen atoms in total. The number of hydrogen-bond acceptors (Lipinski definition) is 3. The molecule has 1 aromatic carbocycles. The van der Waals surface area contributed by atoms with Gasteiger partial charge in [0.05, 0.1) is 12.1 Å². The predicted molar refractivity (Wildman–Crippen MR) is 71.4 cm³/mol. The molecule has 0 aliphatic carbocycles. The fourth-order valence-electron chi connectivity index (χ4n) is 2.58. The van der Waals surface area contributed by atoms with Gasteiger partial charge in [-0.15, -0.1) is 0 Å². The van der Waals surface area contributed by atoms with Gasteiger partial charge in [0.1, 0.15) is 11.3 Å². The van der Waals surface area contributed by atoms with E-state index in [1.165, 1.54) is 12.8 Å². The van der Waals surface area contributed by atoms with Crippen LogP contribution < -0.4 is 5.73 Å². The van der Waals surface area contributed by atoms with Crippen molar-refractivity contribution in [2.24, 2.45) is 5.73 Å². The van der Waals surface area contributed by atoms with E-state index < -0.39 is 0 Å². The molecule has 2 heterocycles. The van der Waals surface area contributed by atoms with Gasteiger partial charge in [-0.25, -0.2) is 0 Å². The third kappa shape index (κ3) is 2.42. The van der Waals surface area contributed by atoms with Gasteiger partial charge >= 0.3 is 0 Å². The summed E-state index contributed by atoms with van der Waals surface area (Å²) in [5.41, 5.74) is 7.13. The Balaban J connectivity index is 1.72. The van der Waals surface area contributed by atoms with Crippen LogP contribution in [0, 0.1) is 0 Å². The Kier molecular flexibility index (Phi) is 3.35. The van der Waals surface area contributed by atoms with Gasteiger partial charge in [-0.3, -0.25) is 0 Å². The second kappa shape index (κ2) is 5.12. The topological polar surface area (TPSA) is 48.4 Å². The summed E-state index contributed by atoms with van der Waals surface area (Å²) in [6, 6.07) is 9.99. The highest BCUT2D eigenvalue weighted by Crippen LogP contribution is 2.27. The van der Waals surface area contributed by atoms with E-state index >= 15 is 0 Å². The second-order valence-electron chi connectivity index (χ2n) is 5.02. The summed E-state index contributed by atoms with van der Waals surface area (Å²) in [4.78, 5) is 0. The van der Waals surface area contributed by atoms with Gasteiger partial charge in [0.15, 0.2) is 0 Å². The molecule has 1 aliphatic rings. The summed E-state index contributed by atoms with van der Waals surface area (Å²) in [7, 11) is 0. The first-order chi connectivity index (χ1) is 8.83. The van der Waals surface area contributed by atoms with Crippen LogP contribution in [0.5, 0.6) is 0 Å². The van der Waals surface area contributed by atoms with E-state index in [-0.39, 0.29) is 6.04 Å². The third-order valence-electron chi connectivity index (χ3n) is 3.60. The Labute approximate surface area is 107 Å². The maximum absolute atomic E-state index is 6.22. The molecule has 0 bridgehead atoms. The zero-order valence-electron chi connectivity index (χ0n) is 10.5. The fraction of sp³-hybridized carbons (Fsp3) is 0.467. The van der Waals surface area contributed by atoms with E-state index in [4.69, 9.17) is 14.9 Å². The summed E-state index contributed by atoms with van der Waals surface area (Å²) in [6.45, 7) is 0.873. The van der Waals surface area contributed by atoms with Gasteiger partial charge in [0.2, 0.25) is 0 Å². The van der Waals surface area contributed by atoms with Gasteiger partial charge in [0, 0.05) is 12.0 Å². The number of para-hydroxylation sites is 1. The van der Waals surface area contributed by atoms with Crippen molar-refractivity contribution in [1.29, 1.82) is 0 Å². The minimum absolute atomic E-state index is 0.0690. The Hall–Kier alpha value is -1.32. The van der Waals surface area contributed by atoms with Crippen molar-refractivity contribution >= 4 is 11.0 Å². The van der Waals surface area contributed by atoms with E-state index in [9.17, 15) is 0 Å². The monoisotopic (exact) mass is 245 g/mol. The number of fused-ring (bicyclic) bond motifs is 1. The molecule has 3 heteroatoms. The molecule has 1 saturated heterocycles. The number of benzene rings is 1. The average Bonchev–Trinajstić information content (AvgIpc) is 2.84. The largest absolute Gasteiger partial charge is 0.459 e. The van der Waals surface area contributed by atoms with Gasteiger partial charge in [-0.2, -0.15) is 0 Å². The summed E-state index contributed by atoms with van der Waals surface area (Å²) in [5, 5.41) is 1.12. The van der Waals surface area contributed by atoms with Crippen LogP contribution in [-0.2, 0) is 4.74 Å². The number of hydrogen-bond donors (Lipinski definition) is 1. The van der Waals surface area contributed by atoms with Crippen LogP contribution in [0.15, 0.2) is 34.7 Å². The third-order valence-corrected chi connectivity index (χ3v) is 3.60. The molecule has 2 N–H and O–H groups in total. The molecule has 1 aromatic heterocycles. The van der Waals surface area contributed by atoms with Gasteiger partial charge in [0.25, 0.3) is 0 Å². The summed E-state index contributed by atoms with van der Waals surface area (Å²) >= 11 is 0. The summed E-state index contributed by atoms with van der Waals surface area (Å²) in [5.74, 6) is 0.866. The number of ether oxygens (including phenoxy) is 1. The highest BCUT2D eigenvalue weighted by molar-refractivity contribution is 5.77. The molecule has 1 fully saturated rings. The quantitative estimate of drug-likeness (QED) is 0.901. The van der Waals surface area contributed by atoms with Crippen LogP contribution in [0.25, 0.3) is 11.0 Å². The first kappa shape index (κ1) is 11.8. The maximum atomic E-state index is 6.22. The van der Waals surface area contributed by atoms with E-state index in [1.807, 2.05) is 30.3 Å². The Morgan fingerprint density at radius 1 is 1.28 bits per heavy atom. The molecule has 0 radical (unpaired) electrons. The fourth-order valence-corrected chi connectivity index (χ4v) is 2.58. The summed E-state index contributed by atoms with van der Waals surface area (Å²) in [6.07, 6.45) is 4.68. The molecule has 0 saturated carbocycles. The van der Waals surface area contributed by atoms with Gasteiger partial charge in [-0.05, 0) is 37.8 Å². The SMILES string of the molecule is NC(CC1CCCCO1)c1cc2ccccc2o1. The highest BCUT2D eigenvalue weighted by atomic mass is 16.5. The Morgan fingerprint density at radius 3 is 2.94 bits per heavy atom. The first-order valence-electron chi connectivity index (χ1n) is 6.68. The molecule has 0 spiro atoms.